The van der Waals surface area contributed by atoms with E-state index in [1.54, 1.807) is 32.0 Å². The summed E-state index contributed by atoms with van der Waals surface area (Å²) in [5.41, 5.74) is 1.37. The number of benzene rings is 1. The van der Waals surface area contributed by atoms with Crippen molar-refractivity contribution in [2.75, 3.05) is 0 Å². The molecule has 6 heteroatoms. The summed E-state index contributed by atoms with van der Waals surface area (Å²) in [7, 11) is 0. The van der Waals surface area contributed by atoms with E-state index in [4.69, 9.17) is 5.11 Å². The van der Waals surface area contributed by atoms with E-state index in [1.165, 1.54) is 12.4 Å². The number of rotatable bonds is 4. The molecule has 0 unspecified atom stereocenters. The van der Waals surface area contributed by atoms with Crippen LogP contribution in [0, 0.1) is 5.92 Å². The standard InChI is InChI=1S/C14H15N3O3/c1-8(2)11(14(19)20)17-13(18)9-4-3-5-10-12(9)16-7-6-15-10/h3-8,11H,1-2H3,(H,17,18)(H,19,20)/t11-/m0/s1. The minimum Gasteiger partial charge on any atom is -0.480 e. The Morgan fingerprint density at radius 2 is 1.90 bits per heavy atom. The molecule has 1 heterocycles. The summed E-state index contributed by atoms with van der Waals surface area (Å²) < 4.78 is 0. The van der Waals surface area contributed by atoms with Crippen molar-refractivity contribution >= 4 is 22.9 Å². The predicted octanol–water partition coefficient (Wildman–Crippen LogP) is 1.47. The van der Waals surface area contributed by atoms with Gasteiger partial charge in [0.1, 0.15) is 11.6 Å². The number of amides is 1. The first kappa shape index (κ1) is 13.9. The lowest BCUT2D eigenvalue weighted by atomic mass is 10.0. The number of nitrogens with zero attached hydrogens (tertiary/aromatic N) is 2. The van der Waals surface area contributed by atoms with E-state index >= 15 is 0 Å². The molecule has 6 nitrogen and oxygen atoms in total. The predicted molar refractivity (Wildman–Crippen MR) is 73.3 cm³/mol. The molecule has 1 atom stereocenters. The Morgan fingerprint density at radius 3 is 2.55 bits per heavy atom. The first-order chi connectivity index (χ1) is 9.50. The average molecular weight is 273 g/mol. The van der Waals surface area contributed by atoms with Crippen LogP contribution in [0.15, 0.2) is 30.6 Å². The fourth-order valence-electron chi connectivity index (χ4n) is 1.91. The van der Waals surface area contributed by atoms with Crippen LogP contribution in [0.3, 0.4) is 0 Å². The number of carbonyl (C=O) groups is 2. The van der Waals surface area contributed by atoms with E-state index in [1.807, 2.05) is 0 Å². The summed E-state index contributed by atoms with van der Waals surface area (Å²) in [6, 6.07) is 4.10. The van der Waals surface area contributed by atoms with E-state index in [2.05, 4.69) is 15.3 Å². The van der Waals surface area contributed by atoms with Gasteiger partial charge in [0.15, 0.2) is 0 Å². The quantitative estimate of drug-likeness (QED) is 0.880. The Bertz CT molecular complexity index is 650. The molecular formula is C14H15N3O3. The van der Waals surface area contributed by atoms with Gasteiger partial charge < -0.3 is 10.4 Å². The number of hydrogen-bond donors (Lipinski definition) is 2. The molecule has 1 aromatic carbocycles. The van der Waals surface area contributed by atoms with Crippen LogP contribution in [-0.2, 0) is 4.79 Å². The topological polar surface area (TPSA) is 92.2 Å². The Balaban J connectivity index is 2.34. The van der Waals surface area contributed by atoms with Crippen LogP contribution in [0.2, 0.25) is 0 Å². The third-order valence-electron chi connectivity index (χ3n) is 2.96. The Morgan fingerprint density at radius 1 is 1.20 bits per heavy atom. The van der Waals surface area contributed by atoms with Crippen molar-refractivity contribution in [3.8, 4) is 0 Å². The second-order valence-corrected chi connectivity index (χ2v) is 4.76. The molecule has 1 amide bonds. The molecule has 0 aliphatic heterocycles. The van der Waals surface area contributed by atoms with Crippen molar-refractivity contribution in [3.63, 3.8) is 0 Å². The highest BCUT2D eigenvalue weighted by Crippen LogP contribution is 2.14. The molecule has 0 aliphatic carbocycles. The van der Waals surface area contributed by atoms with Crippen LogP contribution in [0.5, 0.6) is 0 Å². The van der Waals surface area contributed by atoms with Crippen LogP contribution in [0.25, 0.3) is 11.0 Å². The molecule has 20 heavy (non-hydrogen) atoms. The summed E-state index contributed by atoms with van der Waals surface area (Å²) in [6.45, 7) is 3.48. The highest BCUT2D eigenvalue weighted by atomic mass is 16.4. The van der Waals surface area contributed by atoms with Gasteiger partial charge in [0.05, 0.1) is 11.1 Å². The van der Waals surface area contributed by atoms with Crippen LogP contribution in [0.1, 0.15) is 24.2 Å². The van der Waals surface area contributed by atoms with E-state index in [0.29, 0.717) is 16.6 Å². The monoisotopic (exact) mass is 273 g/mol. The maximum Gasteiger partial charge on any atom is 0.326 e. The normalized spacial score (nSPS) is 12.3. The van der Waals surface area contributed by atoms with Gasteiger partial charge in [0.25, 0.3) is 5.91 Å². The summed E-state index contributed by atoms with van der Waals surface area (Å²) in [6.07, 6.45) is 3.04. The number of carboxylic acids is 1. The number of nitrogens with one attached hydrogen (secondary N) is 1. The maximum atomic E-state index is 12.2. The smallest absolute Gasteiger partial charge is 0.326 e. The molecule has 2 aromatic rings. The molecule has 1 aromatic heterocycles. The molecule has 2 rings (SSSR count). The van der Waals surface area contributed by atoms with Crippen molar-refractivity contribution < 1.29 is 14.7 Å². The summed E-state index contributed by atoms with van der Waals surface area (Å²) in [4.78, 5) is 31.6. The number of aromatic nitrogens is 2. The van der Waals surface area contributed by atoms with E-state index < -0.39 is 17.9 Å². The highest BCUT2D eigenvalue weighted by Gasteiger charge is 2.24. The van der Waals surface area contributed by atoms with Crippen molar-refractivity contribution in [1.82, 2.24) is 15.3 Å². The summed E-state index contributed by atoms with van der Waals surface area (Å²) in [5, 5.41) is 11.6. The fraction of sp³-hybridized carbons (Fsp3) is 0.286. The highest BCUT2D eigenvalue weighted by molar-refractivity contribution is 6.05. The molecule has 0 aliphatic rings. The first-order valence-electron chi connectivity index (χ1n) is 6.24. The minimum atomic E-state index is -1.06. The third-order valence-corrected chi connectivity index (χ3v) is 2.96. The molecule has 104 valence electrons. The molecule has 0 spiro atoms. The van der Waals surface area contributed by atoms with Gasteiger partial charge in [0, 0.05) is 12.4 Å². The number of carbonyl (C=O) groups excluding carboxylic acids is 1. The van der Waals surface area contributed by atoms with E-state index in [0.717, 1.165) is 0 Å². The first-order valence-corrected chi connectivity index (χ1v) is 6.24. The summed E-state index contributed by atoms with van der Waals surface area (Å²) in [5.74, 6) is -1.73. The van der Waals surface area contributed by atoms with Gasteiger partial charge in [-0.2, -0.15) is 0 Å². The number of carboxylic acid groups (broad SMARTS) is 1. The zero-order valence-electron chi connectivity index (χ0n) is 11.2. The van der Waals surface area contributed by atoms with Crippen molar-refractivity contribution in [2.24, 2.45) is 5.92 Å². The second-order valence-electron chi connectivity index (χ2n) is 4.76. The maximum absolute atomic E-state index is 12.2. The average Bonchev–Trinajstić information content (AvgIpc) is 2.43. The van der Waals surface area contributed by atoms with Crippen molar-refractivity contribution in [1.29, 1.82) is 0 Å². The van der Waals surface area contributed by atoms with Crippen LogP contribution < -0.4 is 5.32 Å². The van der Waals surface area contributed by atoms with Crippen LogP contribution in [0.4, 0.5) is 0 Å². The molecule has 0 bridgehead atoms. The number of hydrogen-bond acceptors (Lipinski definition) is 4. The van der Waals surface area contributed by atoms with E-state index in [9.17, 15) is 9.59 Å². The molecular weight excluding hydrogens is 258 g/mol. The van der Waals surface area contributed by atoms with E-state index in [-0.39, 0.29) is 5.92 Å². The summed E-state index contributed by atoms with van der Waals surface area (Å²) >= 11 is 0. The molecule has 2 N–H and O–H groups in total. The second kappa shape index (κ2) is 5.64. The van der Waals surface area contributed by atoms with Gasteiger partial charge in [-0.3, -0.25) is 14.8 Å². The Kier molecular flexibility index (Phi) is 3.93. The van der Waals surface area contributed by atoms with Crippen molar-refractivity contribution in [2.45, 2.75) is 19.9 Å². The zero-order valence-corrected chi connectivity index (χ0v) is 11.2. The van der Waals surface area contributed by atoms with Crippen LogP contribution in [-0.4, -0.2) is 33.0 Å². The Hall–Kier alpha value is -2.50. The van der Waals surface area contributed by atoms with Gasteiger partial charge >= 0.3 is 5.97 Å². The number of para-hydroxylation sites is 1. The van der Waals surface area contributed by atoms with Gasteiger partial charge in [-0.05, 0) is 18.1 Å². The van der Waals surface area contributed by atoms with Crippen LogP contribution >= 0.6 is 0 Å². The lowest BCUT2D eigenvalue weighted by Gasteiger charge is -2.18. The lowest BCUT2D eigenvalue weighted by molar-refractivity contribution is -0.140. The third kappa shape index (κ3) is 2.74. The Labute approximate surface area is 115 Å². The SMILES string of the molecule is CC(C)[C@H](NC(=O)c1cccc2nccnc12)C(=O)O. The molecule has 0 radical (unpaired) electrons. The fourth-order valence-corrected chi connectivity index (χ4v) is 1.91. The van der Waals surface area contributed by atoms with Gasteiger partial charge in [-0.1, -0.05) is 19.9 Å². The largest absolute Gasteiger partial charge is 0.480 e. The lowest BCUT2D eigenvalue weighted by Crippen LogP contribution is -2.44. The molecule has 0 saturated carbocycles. The van der Waals surface area contributed by atoms with Gasteiger partial charge in [-0.15, -0.1) is 0 Å². The van der Waals surface area contributed by atoms with Crippen molar-refractivity contribution in [3.05, 3.63) is 36.2 Å². The minimum absolute atomic E-state index is 0.211. The van der Waals surface area contributed by atoms with Gasteiger partial charge in [0.2, 0.25) is 0 Å². The number of fused-ring (bicyclic) bond motifs is 1. The number of aliphatic carboxylic acids is 1. The molecule has 0 saturated heterocycles. The zero-order chi connectivity index (χ0) is 14.7. The molecule has 0 fully saturated rings. The van der Waals surface area contributed by atoms with Gasteiger partial charge in [-0.25, -0.2) is 4.79 Å².